The van der Waals surface area contributed by atoms with Gasteiger partial charge in [0.15, 0.2) is 0 Å². The van der Waals surface area contributed by atoms with Crippen LogP contribution < -0.4 is 14.8 Å². The number of anilines is 1. The van der Waals surface area contributed by atoms with Gasteiger partial charge in [0.1, 0.15) is 11.5 Å². The lowest BCUT2D eigenvalue weighted by Gasteiger charge is -2.06. The summed E-state index contributed by atoms with van der Waals surface area (Å²) in [7, 11) is 1.58. The van der Waals surface area contributed by atoms with Crippen molar-refractivity contribution in [2.75, 3.05) is 19.0 Å². The first-order valence-electron chi connectivity index (χ1n) is 8.67. The molecule has 0 aliphatic carbocycles. The van der Waals surface area contributed by atoms with Crippen molar-refractivity contribution in [3.63, 3.8) is 0 Å². The third-order valence-corrected chi connectivity index (χ3v) is 3.81. The maximum atomic E-state index is 12.1. The van der Waals surface area contributed by atoms with Crippen LogP contribution in [0.25, 0.3) is 11.4 Å². The van der Waals surface area contributed by atoms with E-state index in [1.54, 1.807) is 19.2 Å². The summed E-state index contributed by atoms with van der Waals surface area (Å²) in [5, 5.41) is 6.79. The van der Waals surface area contributed by atoms with Gasteiger partial charge in [-0.3, -0.25) is 4.79 Å². The highest BCUT2D eigenvalue weighted by Crippen LogP contribution is 2.21. The van der Waals surface area contributed by atoms with Gasteiger partial charge in [0.25, 0.3) is 0 Å². The predicted molar refractivity (Wildman–Crippen MR) is 101 cm³/mol. The van der Waals surface area contributed by atoms with Crippen molar-refractivity contribution < 1.29 is 18.8 Å². The van der Waals surface area contributed by atoms with E-state index in [9.17, 15) is 4.79 Å². The highest BCUT2D eigenvalue weighted by atomic mass is 16.5. The first-order chi connectivity index (χ1) is 13.2. The van der Waals surface area contributed by atoms with Crippen LogP contribution in [0.2, 0.25) is 0 Å². The molecule has 0 atom stereocenters. The summed E-state index contributed by atoms with van der Waals surface area (Å²) in [6.07, 6.45) is 0.599. The maximum Gasteiger partial charge on any atom is 0.227 e. The zero-order chi connectivity index (χ0) is 19.1. The van der Waals surface area contributed by atoms with E-state index in [-0.39, 0.29) is 12.3 Å². The summed E-state index contributed by atoms with van der Waals surface area (Å²) in [5.74, 6) is 2.24. The molecule has 0 saturated heterocycles. The Bertz CT molecular complexity index is 890. The highest BCUT2D eigenvalue weighted by Gasteiger charge is 2.11. The van der Waals surface area contributed by atoms with Gasteiger partial charge in [-0.25, -0.2) is 0 Å². The first kappa shape index (κ1) is 18.4. The average Bonchev–Trinajstić information content (AvgIpc) is 3.16. The molecule has 0 radical (unpaired) electrons. The van der Waals surface area contributed by atoms with E-state index in [0.717, 1.165) is 11.3 Å². The summed E-state index contributed by atoms with van der Waals surface area (Å²) in [6.45, 7) is 2.55. The zero-order valence-electron chi connectivity index (χ0n) is 15.3. The molecule has 140 valence electrons. The largest absolute Gasteiger partial charge is 0.497 e. The molecule has 3 rings (SSSR count). The topological polar surface area (TPSA) is 86.5 Å². The monoisotopic (exact) mass is 367 g/mol. The predicted octanol–water partition coefficient (Wildman–Crippen LogP) is 3.72. The van der Waals surface area contributed by atoms with Gasteiger partial charge >= 0.3 is 0 Å². The lowest BCUT2D eigenvalue weighted by atomic mass is 10.2. The number of methoxy groups -OCH3 is 1. The molecule has 3 aromatic rings. The van der Waals surface area contributed by atoms with Crippen LogP contribution in [0.4, 0.5) is 5.69 Å². The summed E-state index contributed by atoms with van der Waals surface area (Å²) < 4.78 is 15.8. The molecule has 27 heavy (non-hydrogen) atoms. The van der Waals surface area contributed by atoms with E-state index in [2.05, 4.69) is 15.5 Å². The number of rotatable bonds is 8. The minimum Gasteiger partial charge on any atom is -0.497 e. The van der Waals surface area contributed by atoms with Gasteiger partial charge in [-0.15, -0.1) is 0 Å². The third-order valence-electron chi connectivity index (χ3n) is 3.81. The number of nitrogens with one attached hydrogen (secondary N) is 1. The molecule has 0 bridgehead atoms. The number of amides is 1. The Morgan fingerprint density at radius 2 is 1.96 bits per heavy atom. The summed E-state index contributed by atoms with van der Waals surface area (Å²) in [5.41, 5.74) is 1.51. The average molecular weight is 367 g/mol. The smallest absolute Gasteiger partial charge is 0.227 e. The molecule has 7 nitrogen and oxygen atoms in total. The van der Waals surface area contributed by atoms with Crippen molar-refractivity contribution >= 4 is 11.6 Å². The molecule has 2 aromatic carbocycles. The number of carbonyl (C=O) groups excluding carboxylic acids is 1. The van der Waals surface area contributed by atoms with Gasteiger partial charge in [-0.05, 0) is 43.3 Å². The fraction of sp³-hybridized carbons (Fsp3) is 0.250. The number of nitrogens with zero attached hydrogens (tertiary/aromatic N) is 2. The maximum absolute atomic E-state index is 12.1. The molecule has 0 spiro atoms. The zero-order valence-corrected chi connectivity index (χ0v) is 15.3. The molecule has 0 fully saturated rings. The van der Waals surface area contributed by atoms with Crippen molar-refractivity contribution in [2.45, 2.75) is 19.8 Å². The standard InChI is InChI=1S/C20H21N3O4/c1-3-26-16-9-7-14(8-10-16)20-22-19(27-23-20)12-11-18(24)21-15-5-4-6-17(13-15)25-2/h4-10,13H,3,11-12H2,1-2H3,(H,21,24). The molecule has 1 heterocycles. The SMILES string of the molecule is CCOc1ccc(-c2noc(CCC(=O)Nc3cccc(OC)c3)n2)cc1. The highest BCUT2D eigenvalue weighted by molar-refractivity contribution is 5.90. The van der Waals surface area contributed by atoms with Crippen molar-refractivity contribution in [1.82, 2.24) is 10.1 Å². The van der Waals surface area contributed by atoms with Gasteiger partial charge < -0.3 is 19.3 Å². The van der Waals surface area contributed by atoms with Crippen molar-refractivity contribution in [1.29, 1.82) is 0 Å². The van der Waals surface area contributed by atoms with Gasteiger partial charge in [0.05, 0.1) is 13.7 Å². The fourth-order valence-corrected chi connectivity index (χ4v) is 2.49. The Labute approximate surface area is 157 Å². The third kappa shape index (κ3) is 5.07. The summed E-state index contributed by atoms with van der Waals surface area (Å²) in [6, 6.07) is 14.6. The normalized spacial score (nSPS) is 10.4. The quantitative estimate of drug-likeness (QED) is 0.653. The second kappa shape index (κ2) is 8.84. The van der Waals surface area contributed by atoms with E-state index in [1.807, 2.05) is 43.3 Å². The van der Waals surface area contributed by atoms with Crippen LogP contribution >= 0.6 is 0 Å². The molecule has 1 amide bonds. The van der Waals surface area contributed by atoms with E-state index in [0.29, 0.717) is 36.2 Å². The lowest BCUT2D eigenvalue weighted by Crippen LogP contribution is -2.12. The van der Waals surface area contributed by atoms with Crippen LogP contribution in [0.15, 0.2) is 53.1 Å². The number of hydrogen-bond donors (Lipinski definition) is 1. The molecule has 0 aliphatic heterocycles. The van der Waals surface area contributed by atoms with Crippen molar-refractivity contribution in [3.05, 3.63) is 54.4 Å². The molecular formula is C20H21N3O4. The first-order valence-corrected chi connectivity index (χ1v) is 8.67. The Morgan fingerprint density at radius 1 is 1.15 bits per heavy atom. The van der Waals surface area contributed by atoms with Crippen LogP contribution in [-0.4, -0.2) is 29.8 Å². The Morgan fingerprint density at radius 3 is 2.70 bits per heavy atom. The van der Waals surface area contributed by atoms with Crippen LogP contribution in [0.5, 0.6) is 11.5 Å². The fourth-order valence-electron chi connectivity index (χ4n) is 2.49. The van der Waals surface area contributed by atoms with Crippen molar-refractivity contribution in [3.8, 4) is 22.9 Å². The van der Waals surface area contributed by atoms with E-state index in [1.165, 1.54) is 0 Å². The minimum atomic E-state index is -0.135. The second-order valence-corrected chi connectivity index (χ2v) is 5.75. The number of ether oxygens (including phenoxy) is 2. The number of aryl methyl sites for hydroxylation is 1. The van der Waals surface area contributed by atoms with Crippen LogP contribution in [0.3, 0.4) is 0 Å². The van der Waals surface area contributed by atoms with Gasteiger partial charge in [-0.1, -0.05) is 11.2 Å². The van der Waals surface area contributed by atoms with Crippen molar-refractivity contribution in [2.24, 2.45) is 0 Å². The number of carbonyl (C=O) groups is 1. The Kier molecular flexibility index (Phi) is 6.04. The minimum absolute atomic E-state index is 0.135. The molecule has 0 saturated carbocycles. The number of hydrogen-bond acceptors (Lipinski definition) is 6. The molecule has 1 aromatic heterocycles. The van der Waals surface area contributed by atoms with E-state index < -0.39 is 0 Å². The Hall–Kier alpha value is -3.35. The van der Waals surface area contributed by atoms with Crippen LogP contribution in [-0.2, 0) is 11.2 Å². The van der Waals surface area contributed by atoms with Crippen LogP contribution in [0, 0.1) is 0 Å². The van der Waals surface area contributed by atoms with Gasteiger partial charge in [0.2, 0.25) is 17.6 Å². The second-order valence-electron chi connectivity index (χ2n) is 5.75. The van der Waals surface area contributed by atoms with Gasteiger partial charge in [0, 0.05) is 30.2 Å². The summed E-state index contributed by atoms with van der Waals surface area (Å²) >= 11 is 0. The van der Waals surface area contributed by atoms with Gasteiger partial charge in [-0.2, -0.15) is 4.98 Å². The molecule has 7 heteroatoms. The molecular weight excluding hydrogens is 346 g/mol. The molecule has 1 N–H and O–H groups in total. The van der Waals surface area contributed by atoms with E-state index >= 15 is 0 Å². The number of benzene rings is 2. The Balaban J connectivity index is 1.55. The molecule has 0 unspecified atom stereocenters. The molecule has 0 aliphatic rings. The summed E-state index contributed by atoms with van der Waals surface area (Å²) in [4.78, 5) is 16.4. The lowest BCUT2D eigenvalue weighted by molar-refractivity contribution is -0.116. The van der Waals surface area contributed by atoms with E-state index in [4.69, 9.17) is 14.0 Å². The number of aromatic nitrogens is 2. The van der Waals surface area contributed by atoms with Crippen LogP contribution in [0.1, 0.15) is 19.2 Å².